The third kappa shape index (κ3) is 4.26. The summed E-state index contributed by atoms with van der Waals surface area (Å²) in [5.41, 5.74) is 2.22. The number of piperidine rings is 1. The molecule has 3 heterocycles. The number of piperazine rings is 1. The van der Waals surface area contributed by atoms with Crippen molar-refractivity contribution in [3.05, 3.63) is 68.9 Å². The Morgan fingerprint density at radius 3 is 2.85 bits per heavy atom. The molecule has 0 saturated carbocycles. The van der Waals surface area contributed by atoms with Crippen molar-refractivity contribution in [2.24, 2.45) is 0 Å². The van der Waals surface area contributed by atoms with Crippen LogP contribution in [0.15, 0.2) is 41.9 Å². The number of aromatic nitrogens is 2. The summed E-state index contributed by atoms with van der Waals surface area (Å²) in [7, 11) is 0. The van der Waals surface area contributed by atoms with Crippen LogP contribution < -0.4 is 0 Å². The van der Waals surface area contributed by atoms with Gasteiger partial charge in [-0.2, -0.15) is 4.37 Å². The Labute approximate surface area is 204 Å². The monoisotopic (exact) mass is 506 g/mol. The summed E-state index contributed by atoms with van der Waals surface area (Å²) in [6, 6.07) is 9.84. The minimum absolute atomic E-state index is 0.00502. The lowest BCUT2D eigenvalue weighted by molar-refractivity contribution is -0.0740. The fourth-order valence-corrected chi connectivity index (χ4v) is 5.64. The lowest BCUT2D eigenvalue weighted by atomic mass is 9.82. The number of halogens is 3. The summed E-state index contributed by atoms with van der Waals surface area (Å²) in [5, 5.41) is 11.6. The summed E-state index contributed by atoms with van der Waals surface area (Å²) >= 11 is 13.7. The molecule has 0 spiro atoms. The molecular weight excluding hydrogens is 486 g/mol. The molecule has 6 nitrogen and oxygen atoms in total. The van der Waals surface area contributed by atoms with Gasteiger partial charge in [0.15, 0.2) is 5.82 Å². The normalized spacial score (nSPS) is 23.4. The van der Waals surface area contributed by atoms with Crippen LogP contribution in [-0.2, 0) is 5.60 Å². The number of fused-ring (bicyclic) bond motifs is 1. The molecule has 2 fully saturated rings. The van der Waals surface area contributed by atoms with Gasteiger partial charge >= 0.3 is 0 Å². The molecule has 3 aromatic rings. The zero-order chi connectivity index (χ0) is 23.2. The lowest BCUT2D eigenvalue weighted by Gasteiger charge is -2.49. The minimum Gasteiger partial charge on any atom is -0.384 e. The molecule has 0 radical (unpaired) electrons. The van der Waals surface area contributed by atoms with E-state index in [1.54, 1.807) is 23.7 Å². The van der Waals surface area contributed by atoms with Crippen LogP contribution in [0.25, 0.3) is 11.4 Å². The molecule has 1 N–H and O–H groups in total. The zero-order valence-corrected chi connectivity index (χ0v) is 19.9. The maximum Gasteiger partial charge on any atom is 0.255 e. The van der Waals surface area contributed by atoms with Gasteiger partial charge < -0.3 is 10.0 Å². The molecule has 2 atom stereocenters. The molecular formula is C23H21Cl2FN4O2S. The average molecular weight is 507 g/mol. The van der Waals surface area contributed by atoms with Crippen LogP contribution in [0.3, 0.4) is 0 Å². The van der Waals surface area contributed by atoms with Crippen molar-refractivity contribution in [3.63, 3.8) is 0 Å². The quantitative estimate of drug-likeness (QED) is 0.567. The summed E-state index contributed by atoms with van der Waals surface area (Å²) in [5.74, 6) is -0.113. The molecule has 0 unspecified atom stereocenters. The number of hydrogen-bond acceptors (Lipinski definition) is 6. The standard InChI is InChI=1S/C23H21Cl2FN4O2S/c24-18-10-14(4-5-19(18)26)23(32)7-6-15-11-29(8-9-30(15)12-23)22(31)17-3-1-2-16(20(17)25)21-27-13-33-28-21/h1-5,10,13,15,32H,6-9,11-12H2/t15-,23-/m1/s1. The van der Waals surface area contributed by atoms with E-state index in [9.17, 15) is 14.3 Å². The summed E-state index contributed by atoms with van der Waals surface area (Å²) in [6.45, 7) is 2.10. The van der Waals surface area contributed by atoms with E-state index < -0.39 is 11.4 Å². The van der Waals surface area contributed by atoms with Crippen LogP contribution in [0, 0.1) is 5.82 Å². The number of amides is 1. The highest BCUT2D eigenvalue weighted by atomic mass is 35.5. The predicted molar refractivity (Wildman–Crippen MR) is 126 cm³/mol. The van der Waals surface area contributed by atoms with Gasteiger partial charge in [-0.1, -0.05) is 35.3 Å². The summed E-state index contributed by atoms with van der Waals surface area (Å²) in [6.07, 6.45) is 1.20. The van der Waals surface area contributed by atoms with E-state index in [1.807, 2.05) is 11.0 Å². The Balaban J connectivity index is 1.31. The topological polar surface area (TPSA) is 69.6 Å². The number of nitrogens with zero attached hydrogens (tertiary/aromatic N) is 4. The van der Waals surface area contributed by atoms with Crippen molar-refractivity contribution in [1.29, 1.82) is 0 Å². The molecule has 1 aromatic heterocycles. The van der Waals surface area contributed by atoms with Gasteiger partial charge in [0.1, 0.15) is 16.9 Å². The Morgan fingerprint density at radius 1 is 1.24 bits per heavy atom. The largest absolute Gasteiger partial charge is 0.384 e. The number of carbonyl (C=O) groups is 1. The Kier molecular flexibility index (Phi) is 6.13. The van der Waals surface area contributed by atoms with Gasteiger partial charge in [-0.05, 0) is 54.2 Å². The Hall–Kier alpha value is -2.10. The first-order valence-corrected chi connectivity index (χ1v) is 12.2. The van der Waals surface area contributed by atoms with E-state index in [0.717, 1.165) is 0 Å². The van der Waals surface area contributed by atoms with E-state index in [-0.39, 0.29) is 17.0 Å². The first kappa shape index (κ1) is 22.7. The second kappa shape index (κ2) is 8.92. The third-order valence-corrected chi connectivity index (χ3v) is 7.71. The number of benzene rings is 2. The highest BCUT2D eigenvalue weighted by Crippen LogP contribution is 2.37. The maximum absolute atomic E-state index is 13.6. The highest BCUT2D eigenvalue weighted by Gasteiger charge is 2.42. The molecule has 33 heavy (non-hydrogen) atoms. The molecule has 0 bridgehead atoms. The van der Waals surface area contributed by atoms with Gasteiger partial charge in [-0.25, -0.2) is 9.37 Å². The number of carbonyl (C=O) groups excluding carboxylic acids is 1. The summed E-state index contributed by atoms with van der Waals surface area (Å²) < 4.78 is 17.8. The van der Waals surface area contributed by atoms with Crippen LogP contribution >= 0.6 is 34.7 Å². The van der Waals surface area contributed by atoms with Crippen LogP contribution in [0.2, 0.25) is 10.0 Å². The van der Waals surface area contributed by atoms with Crippen LogP contribution in [0.5, 0.6) is 0 Å². The van der Waals surface area contributed by atoms with Crippen LogP contribution in [0.4, 0.5) is 4.39 Å². The van der Waals surface area contributed by atoms with E-state index in [1.165, 1.54) is 23.7 Å². The van der Waals surface area contributed by atoms with Crippen molar-refractivity contribution >= 4 is 40.6 Å². The second-order valence-corrected chi connectivity index (χ2v) is 9.89. The fourth-order valence-electron chi connectivity index (χ4n) is 4.73. The molecule has 1 amide bonds. The molecule has 172 valence electrons. The van der Waals surface area contributed by atoms with E-state index in [0.29, 0.717) is 66.6 Å². The van der Waals surface area contributed by atoms with E-state index in [4.69, 9.17) is 23.2 Å². The van der Waals surface area contributed by atoms with E-state index in [2.05, 4.69) is 14.3 Å². The average Bonchev–Trinajstić information content (AvgIpc) is 3.35. The highest BCUT2D eigenvalue weighted by molar-refractivity contribution is 7.03. The van der Waals surface area contributed by atoms with Crippen molar-refractivity contribution in [1.82, 2.24) is 19.2 Å². The van der Waals surface area contributed by atoms with Gasteiger partial charge in [0, 0.05) is 37.8 Å². The molecule has 2 saturated heterocycles. The van der Waals surface area contributed by atoms with Crippen molar-refractivity contribution in [2.75, 3.05) is 26.2 Å². The first-order chi connectivity index (χ1) is 15.9. The molecule has 0 aliphatic carbocycles. The van der Waals surface area contributed by atoms with Crippen molar-refractivity contribution in [2.45, 2.75) is 24.5 Å². The maximum atomic E-state index is 13.6. The number of aliphatic hydroxyl groups is 1. The van der Waals surface area contributed by atoms with Gasteiger partial charge in [0.05, 0.1) is 15.6 Å². The van der Waals surface area contributed by atoms with Crippen LogP contribution in [0.1, 0.15) is 28.8 Å². The van der Waals surface area contributed by atoms with E-state index >= 15 is 0 Å². The zero-order valence-electron chi connectivity index (χ0n) is 17.5. The Bertz CT molecular complexity index is 1200. The van der Waals surface area contributed by atoms with Gasteiger partial charge in [-0.3, -0.25) is 9.69 Å². The molecule has 2 aliphatic heterocycles. The third-order valence-electron chi connectivity index (χ3n) is 6.54. The van der Waals surface area contributed by atoms with Gasteiger partial charge in [0.25, 0.3) is 5.91 Å². The fraction of sp³-hybridized carbons (Fsp3) is 0.348. The molecule has 5 rings (SSSR count). The smallest absolute Gasteiger partial charge is 0.255 e. The number of hydrogen-bond donors (Lipinski definition) is 1. The molecule has 10 heteroatoms. The number of rotatable bonds is 3. The SMILES string of the molecule is O=C(c1cccc(-c2ncsn2)c1Cl)N1CCN2C[C@@](O)(c3ccc(F)c(Cl)c3)CC[C@@H]2C1. The predicted octanol–water partition coefficient (Wildman–Crippen LogP) is 4.46. The van der Waals surface area contributed by atoms with Gasteiger partial charge in [0.2, 0.25) is 0 Å². The van der Waals surface area contributed by atoms with Crippen LogP contribution in [-0.4, -0.2) is 62.4 Å². The lowest BCUT2D eigenvalue weighted by Crippen LogP contribution is -2.60. The van der Waals surface area contributed by atoms with Gasteiger partial charge in [-0.15, -0.1) is 0 Å². The minimum atomic E-state index is -1.10. The van der Waals surface area contributed by atoms with Crippen molar-refractivity contribution < 1.29 is 14.3 Å². The first-order valence-electron chi connectivity index (χ1n) is 10.6. The second-order valence-electron chi connectivity index (χ2n) is 8.50. The molecule has 2 aliphatic rings. The van der Waals surface area contributed by atoms with Crippen molar-refractivity contribution in [3.8, 4) is 11.4 Å². The Morgan fingerprint density at radius 2 is 2.09 bits per heavy atom. The molecule has 2 aromatic carbocycles. The summed E-state index contributed by atoms with van der Waals surface area (Å²) in [4.78, 5) is 21.5.